The van der Waals surface area contributed by atoms with Gasteiger partial charge in [-0.2, -0.15) is 5.10 Å². The summed E-state index contributed by atoms with van der Waals surface area (Å²) in [5.41, 5.74) is 1.87. The molecule has 0 spiro atoms. The van der Waals surface area contributed by atoms with Crippen molar-refractivity contribution in [2.45, 2.75) is 26.4 Å². The summed E-state index contributed by atoms with van der Waals surface area (Å²) in [5, 5.41) is 17.8. The molecule has 1 aromatic carbocycles. The number of benzene rings is 1. The Labute approximate surface area is 146 Å². The van der Waals surface area contributed by atoms with Gasteiger partial charge in [0.05, 0.1) is 37.9 Å². The molecule has 25 heavy (non-hydrogen) atoms. The molecule has 0 fully saturated rings. The highest BCUT2D eigenvalue weighted by Crippen LogP contribution is 2.29. The van der Waals surface area contributed by atoms with E-state index in [1.807, 2.05) is 12.1 Å². The van der Waals surface area contributed by atoms with Crippen LogP contribution in [0.1, 0.15) is 25.5 Å². The third-order valence-corrected chi connectivity index (χ3v) is 4.18. The van der Waals surface area contributed by atoms with E-state index in [0.29, 0.717) is 18.1 Å². The number of hydrogen-bond donors (Lipinski definition) is 2. The van der Waals surface area contributed by atoms with Crippen LogP contribution < -0.4 is 10.1 Å². The van der Waals surface area contributed by atoms with Crippen molar-refractivity contribution >= 4 is 16.9 Å². The average Bonchev–Trinajstić information content (AvgIpc) is 3.04. The van der Waals surface area contributed by atoms with Crippen LogP contribution in [0.25, 0.3) is 11.0 Å². The topological polar surface area (TPSA) is 85.1 Å². The molecular weight excluding hydrogens is 318 g/mol. The first-order chi connectivity index (χ1) is 12.1. The molecule has 0 radical (unpaired) electrons. The fourth-order valence-corrected chi connectivity index (χ4v) is 2.86. The lowest BCUT2D eigenvalue weighted by Crippen LogP contribution is -2.18. The van der Waals surface area contributed by atoms with E-state index in [4.69, 9.17) is 9.84 Å². The van der Waals surface area contributed by atoms with Gasteiger partial charge in [0.25, 0.3) is 0 Å². The number of ether oxygens (including phenoxy) is 1. The number of methoxy groups -OCH3 is 1. The van der Waals surface area contributed by atoms with Gasteiger partial charge in [-0.3, -0.25) is 0 Å². The number of fused-ring (bicyclic) bond motifs is 1. The molecule has 132 valence electrons. The van der Waals surface area contributed by atoms with Crippen molar-refractivity contribution in [3.8, 4) is 5.75 Å². The van der Waals surface area contributed by atoms with E-state index in [-0.39, 0.29) is 12.6 Å². The standard InChI is InChI=1S/C18H23N5O2/c1-12(2)16(13-4-6-14(25-3)7-5-13)22-17-15-10-21-23(8-9-24)18(15)20-11-19-17/h4-7,10-12,16,24H,8-9H2,1-3H3,(H,19,20,22)/t16-/m0/s1. The summed E-state index contributed by atoms with van der Waals surface area (Å²) < 4.78 is 6.92. The lowest BCUT2D eigenvalue weighted by Gasteiger charge is -2.24. The summed E-state index contributed by atoms with van der Waals surface area (Å²) in [6.07, 6.45) is 3.25. The number of aromatic nitrogens is 4. The van der Waals surface area contributed by atoms with Crippen molar-refractivity contribution in [3.05, 3.63) is 42.4 Å². The molecule has 1 atom stereocenters. The summed E-state index contributed by atoms with van der Waals surface area (Å²) >= 11 is 0. The number of anilines is 1. The molecule has 3 aromatic rings. The van der Waals surface area contributed by atoms with Crippen molar-refractivity contribution < 1.29 is 9.84 Å². The van der Waals surface area contributed by atoms with Gasteiger partial charge in [0, 0.05) is 0 Å². The molecule has 2 N–H and O–H groups in total. The van der Waals surface area contributed by atoms with Crippen LogP contribution in [0, 0.1) is 5.92 Å². The third kappa shape index (κ3) is 3.56. The fourth-order valence-electron chi connectivity index (χ4n) is 2.86. The second kappa shape index (κ2) is 7.48. The van der Waals surface area contributed by atoms with Crippen molar-refractivity contribution in [2.75, 3.05) is 19.0 Å². The van der Waals surface area contributed by atoms with Crippen molar-refractivity contribution in [1.29, 1.82) is 0 Å². The molecule has 3 rings (SSSR count). The maximum Gasteiger partial charge on any atom is 0.163 e. The lowest BCUT2D eigenvalue weighted by molar-refractivity contribution is 0.271. The Hall–Kier alpha value is -2.67. The second-order valence-corrected chi connectivity index (χ2v) is 6.19. The van der Waals surface area contributed by atoms with Crippen LogP contribution in [0.5, 0.6) is 5.75 Å². The SMILES string of the molecule is COc1ccc([C@@H](Nc2ncnc3c2cnn3CCO)C(C)C)cc1. The van der Waals surface area contributed by atoms with E-state index in [2.05, 4.69) is 46.4 Å². The summed E-state index contributed by atoms with van der Waals surface area (Å²) in [5.74, 6) is 1.93. The summed E-state index contributed by atoms with van der Waals surface area (Å²) in [7, 11) is 1.66. The molecule has 2 heterocycles. The molecule has 0 aliphatic carbocycles. The molecule has 0 aliphatic heterocycles. The Morgan fingerprint density at radius 2 is 1.96 bits per heavy atom. The van der Waals surface area contributed by atoms with E-state index in [1.54, 1.807) is 18.0 Å². The van der Waals surface area contributed by atoms with Gasteiger partial charge in [-0.1, -0.05) is 26.0 Å². The van der Waals surface area contributed by atoms with Gasteiger partial charge in [0.15, 0.2) is 5.65 Å². The second-order valence-electron chi connectivity index (χ2n) is 6.19. The zero-order chi connectivity index (χ0) is 17.8. The normalized spacial score (nSPS) is 12.5. The molecule has 0 saturated carbocycles. The maximum atomic E-state index is 9.15. The van der Waals surface area contributed by atoms with Gasteiger partial charge in [-0.15, -0.1) is 0 Å². The van der Waals surface area contributed by atoms with Crippen LogP contribution in [0.2, 0.25) is 0 Å². The van der Waals surface area contributed by atoms with Gasteiger partial charge in [-0.05, 0) is 23.6 Å². The van der Waals surface area contributed by atoms with Crippen molar-refractivity contribution in [2.24, 2.45) is 5.92 Å². The molecular formula is C18H23N5O2. The highest BCUT2D eigenvalue weighted by Gasteiger charge is 2.19. The molecule has 0 amide bonds. The number of rotatable bonds is 7. The average molecular weight is 341 g/mol. The minimum Gasteiger partial charge on any atom is -0.497 e. The number of nitrogens with one attached hydrogen (secondary N) is 1. The molecule has 0 bridgehead atoms. The largest absolute Gasteiger partial charge is 0.497 e. The Bertz CT molecular complexity index is 829. The zero-order valence-corrected chi connectivity index (χ0v) is 14.7. The van der Waals surface area contributed by atoms with Crippen molar-refractivity contribution in [3.63, 3.8) is 0 Å². The third-order valence-electron chi connectivity index (χ3n) is 4.18. The number of nitrogens with zero attached hydrogens (tertiary/aromatic N) is 4. The molecule has 7 heteroatoms. The first-order valence-electron chi connectivity index (χ1n) is 8.32. The van der Waals surface area contributed by atoms with Crippen LogP contribution in [0.3, 0.4) is 0 Å². The predicted octanol–water partition coefficient (Wildman–Crippen LogP) is 2.64. The van der Waals surface area contributed by atoms with Crippen LogP contribution in [-0.4, -0.2) is 38.6 Å². The zero-order valence-electron chi connectivity index (χ0n) is 14.7. The Kier molecular flexibility index (Phi) is 5.14. The highest BCUT2D eigenvalue weighted by molar-refractivity contribution is 5.86. The Morgan fingerprint density at radius 3 is 2.60 bits per heavy atom. The van der Waals surface area contributed by atoms with E-state index in [1.165, 1.54) is 6.33 Å². The van der Waals surface area contributed by atoms with E-state index in [0.717, 1.165) is 22.5 Å². The van der Waals surface area contributed by atoms with E-state index in [9.17, 15) is 0 Å². The minimum absolute atomic E-state index is 0.0179. The molecule has 0 unspecified atom stereocenters. The molecule has 7 nitrogen and oxygen atoms in total. The fraction of sp³-hybridized carbons (Fsp3) is 0.389. The van der Waals surface area contributed by atoms with E-state index < -0.39 is 0 Å². The van der Waals surface area contributed by atoms with Gasteiger partial charge < -0.3 is 15.2 Å². The van der Waals surface area contributed by atoms with Crippen LogP contribution in [0.4, 0.5) is 5.82 Å². The van der Waals surface area contributed by atoms with Crippen LogP contribution >= 0.6 is 0 Å². The number of aliphatic hydroxyl groups is 1. The molecule has 0 saturated heterocycles. The maximum absolute atomic E-state index is 9.15. The number of hydrogen-bond acceptors (Lipinski definition) is 6. The van der Waals surface area contributed by atoms with Gasteiger partial charge in [-0.25, -0.2) is 14.6 Å². The minimum atomic E-state index is 0.0179. The summed E-state index contributed by atoms with van der Waals surface area (Å²) in [6.45, 7) is 4.75. The molecule has 2 aromatic heterocycles. The predicted molar refractivity (Wildman–Crippen MR) is 96.6 cm³/mol. The first-order valence-corrected chi connectivity index (χ1v) is 8.32. The van der Waals surface area contributed by atoms with Crippen LogP contribution in [0.15, 0.2) is 36.8 Å². The van der Waals surface area contributed by atoms with Gasteiger partial charge in [0.2, 0.25) is 0 Å². The molecule has 0 aliphatic rings. The highest BCUT2D eigenvalue weighted by atomic mass is 16.5. The van der Waals surface area contributed by atoms with Gasteiger partial charge >= 0.3 is 0 Å². The summed E-state index contributed by atoms with van der Waals surface area (Å²) in [6, 6.07) is 8.13. The monoisotopic (exact) mass is 341 g/mol. The number of aliphatic hydroxyl groups excluding tert-OH is 1. The lowest BCUT2D eigenvalue weighted by atomic mass is 9.96. The Morgan fingerprint density at radius 1 is 1.20 bits per heavy atom. The van der Waals surface area contributed by atoms with E-state index >= 15 is 0 Å². The smallest absolute Gasteiger partial charge is 0.163 e. The first kappa shape index (κ1) is 17.2. The quantitative estimate of drug-likeness (QED) is 0.687. The van der Waals surface area contributed by atoms with Gasteiger partial charge in [0.1, 0.15) is 17.9 Å². The Balaban J connectivity index is 1.93. The van der Waals surface area contributed by atoms with Crippen LogP contribution in [-0.2, 0) is 6.54 Å². The summed E-state index contributed by atoms with van der Waals surface area (Å²) in [4.78, 5) is 8.69. The van der Waals surface area contributed by atoms with Crippen molar-refractivity contribution in [1.82, 2.24) is 19.7 Å².